The second kappa shape index (κ2) is 3.75. The zero-order valence-electron chi connectivity index (χ0n) is 9.45. The van der Waals surface area contributed by atoms with Crippen molar-refractivity contribution in [2.24, 2.45) is 11.7 Å². The highest BCUT2D eigenvalue weighted by Crippen LogP contribution is 2.44. The van der Waals surface area contributed by atoms with Crippen LogP contribution >= 0.6 is 0 Å². The molecule has 5 nitrogen and oxygen atoms in total. The lowest BCUT2D eigenvalue weighted by Gasteiger charge is -2.35. The second-order valence-corrected chi connectivity index (χ2v) is 4.94. The average Bonchev–Trinajstić information content (AvgIpc) is 2.90. The van der Waals surface area contributed by atoms with Crippen molar-refractivity contribution in [2.75, 3.05) is 7.05 Å². The number of nitrogens with zero attached hydrogens (tertiary/aromatic N) is 4. The van der Waals surface area contributed by atoms with Crippen molar-refractivity contribution in [1.82, 2.24) is 20.1 Å². The number of likely N-dealkylation sites (tertiary alicyclic amines) is 1. The number of aromatic nitrogens is 3. The number of rotatable bonds is 2. The number of nitrogens with two attached hydrogens (primary N) is 1. The summed E-state index contributed by atoms with van der Waals surface area (Å²) >= 11 is 0. The van der Waals surface area contributed by atoms with Gasteiger partial charge in [0.15, 0.2) is 0 Å². The van der Waals surface area contributed by atoms with E-state index >= 15 is 0 Å². The van der Waals surface area contributed by atoms with Crippen LogP contribution in [0.2, 0.25) is 0 Å². The van der Waals surface area contributed by atoms with E-state index in [0.717, 1.165) is 17.7 Å². The van der Waals surface area contributed by atoms with Crippen LogP contribution < -0.4 is 5.73 Å². The Balaban J connectivity index is 1.83. The molecule has 2 heterocycles. The number of fused-ring (bicyclic) bond motifs is 2. The lowest BCUT2D eigenvalue weighted by molar-refractivity contribution is 0.149. The molecule has 0 radical (unpaired) electrons. The SMILES string of the molecule is CN1C2CCC(C2)C1C(N)c1cncnn1. The van der Waals surface area contributed by atoms with Crippen LogP contribution in [0, 0.1) is 5.92 Å². The van der Waals surface area contributed by atoms with Gasteiger partial charge in [-0.3, -0.25) is 4.90 Å². The highest BCUT2D eigenvalue weighted by molar-refractivity contribution is 5.10. The first-order chi connectivity index (χ1) is 7.77. The van der Waals surface area contributed by atoms with Crippen LogP contribution in [0.25, 0.3) is 0 Å². The third kappa shape index (κ3) is 1.43. The van der Waals surface area contributed by atoms with Crippen LogP contribution in [-0.2, 0) is 0 Å². The van der Waals surface area contributed by atoms with E-state index in [1.54, 1.807) is 6.20 Å². The molecule has 4 atom stereocenters. The van der Waals surface area contributed by atoms with Crippen LogP contribution in [0.5, 0.6) is 0 Å². The van der Waals surface area contributed by atoms with Crippen molar-refractivity contribution < 1.29 is 0 Å². The summed E-state index contributed by atoms with van der Waals surface area (Å²) in [6.07, 6.45) is 7.10. The molecule has 1 aromatic heterocycles. The van der Waals surface area contributed by atoms with Crippen LogP contribution in [0.4, 0.5) is 0 Å². The predicted molar refractivity (Wildman–Crippen MR) is 59.4 cm³/mol. The maximum Gasteiger partial charge on any atom is 0.138 e. The summed E-state index contributed by atoms with van der Waals surface area (Å²) < 4.78 is 0. The average molecular weight is 219 g/mol. The largest absolute Gasteiger partial charge is 0.321 e. The van der Waals surface area contributed by atoms with Crippen molar-refractivity contribution in [2.45, 2.75) is 37.4 Å². The summed E-state index contributed by atoms with van der Waals surface area (Å²) in [6.45, 7) is 0. The number of hydrogen-bond acceptors (Lipinski definition) is 5. The third-order valence-corrected chi connectivity index (χ3v) is 4.18. The number of piperidine rings is 1. The molecule has 0 amide bonds. The fraction of sp³-hybridized carbons (Fsp3) is 0.727. The van der Waals surface area contributed by atoms with Gasteiger partial charge in [0, 0.05) is 12.1 Å². The van der Waals surface area contributed by atoms with Crippen molar-refractivity contribution in [1.29, 1.82) is 0 Å². The Hall–Kier alpha value is -1.07. The molecule has 2 bridgehead atoms. The van der Waals surface area contributed by atoms with Gasteiger partial charge in [0.05, 0.1) is 17.9 Å². The van der Waals surface area contributed by atoms with Gasteiger partial charge in [0.1, 0.15) is 6.33 Å². The molecule has 2 N–H and O–H groups in total. The minimum absolute atomic E-state index is 0.0542. The van der Waals surface area contributed by atoms with Crippen molar-refractivity contribution in [3.8, 4) is 0 Å². The summed E-state index contributed by atoms with van der Waals surface area (Å²) in [5.41, 5.74) is 7.10. The molecule has 2 fully saturated rings. The lowest BCUT2D eigenvalue weighted by Crippen LogP contribution is -2.45. The zero-order chi connectivity index (χ0) is 11.1. The van der Waals surface area contributed by atoms with Gasteiger partial charge in [0.2, 0.25) is 0 Å². The monoisotopic (exact) mass is 219 g/mol. The molecular weight excluding hydrogens is 202 g/mol. The Labute approximate surface area is 95.1 Å². The predicted octanol–water partition coefficient (Wildman–Crippen LogP) is 0.354. The summed E-state index contributed by atoms with van der Waals surface area (Å²) in [4.78, 5) is 6.42. The molecule has 2 aliphatic rings. The minimum Gasteiger partial charge on any atom is -0.321 e. The van der Waals surface area contributed by atoms with E-state index in [1.165, 1.54) is 25.6 Å². The Kier molecular flexibility index (Phi) is 2.37. The van der Waals surface area contributed by atoms with Gasteiger partial charge in [-0.2, -0.15) is 5.10 Å². The van der Waals surface area contributed by atoms with Crippen LogP contribution in [0.1, 0.15) is 31.0 Å². The molecular formula is C11H17N5. The maximum atomic E-state index is 6.29. The van der Waals surface area contributed by atoms with Crippen LogP contribution in [-0.4, -0.2) is 39.2 Å². The molecule has 0 spiro atoms. The van der Waals surface area contributed by atoms with E-state index in [0.29, 0.717) is 6.04 Å². The molecule has 1 aromatic rings. The van der Waals surface area contributed by atoms with E-state index in [-0.39, 0.29) is 6.04 Å². The first-order valence-corrected chi connectivity index (χ1v) is 5.87. The summed E-state index contributed by atoms with van der Waals surface area (Å²) in [7, 11) is 2.18. The maximum absolute atomic E-state index is 6.29. The molecule has 4 unspecified atom stereocenters. The molecule has 16 heavy (non-hydrogen) atoms. The van der Waals surface area contributed by atoms with Gasteiger partial charge in [-0.05, 0) is 32.2 Å². The molecule has 1 aliphatic heterocycles. The molecule has 0 aromatic carbocycles. The highest BCUT2D eigenvalue weighted by Gasteiger charge is 2.46. The Morgan fingerprint density at radius 1 is 1.50 bits per heavy atom. The van der Waals surface area contributed by atoms with E-state index < -0.39 is 0 Å². The van der Waals surface area contributed by atoms with Gasteiger partial charge in [-0.25, -0.2) is 4.98 Å². The lowest BCUT2D eigenvalue weighted by atomic mass is 9.91. The minimum atomic E-state index is -0.0542. The van der Waals surface area contributed by atoms with Crippen molar-refractivity contribution in [3.05, 3.63) is 18.2 Å². The van der Waals surface area contributed by atoms with Gasteiger partial charge >= 0.3 is 0 Å². The quantitative estimate of drug-likeness (QED) is 0.777. The Bertz CT molecular complexity index is 366. The normalized spacial score (nSPS) is 35.5. The Morgan fingerprint density at radius 3 is 3.00 bits per heavy atom. The first-order valence-electron chi connectivity index (χ1n) is 5.87. The molecule has 1 saturated carbocycles. The molecule has 3 rings (SSSR count). The van der Waals surface area contributed by atoms with E-state index in [1.807, 2.05) is 0 Å². The first kappa shape index (κ1) is 10.1. The fourth-order valence-corrected chi connectivity index (χ4v) is 3.38. The van der Waals surface area contributed by atoms with Crippen molar-refractivity contribution in [3.63, 3.8) is 0 Å². The zero-order valence-corrected chi connectivity index (χ0v) is 9.45. The molecule has 1 saturated heterocycles. The Morgan fingerprint density at radius 2 is 2.38 bits per heavy atom. The molecule has 1 aliphatic carbocycles. The van der Waals surface area contributed by atoms with Gasteiger partial charge in [-0.1, -0.05) is 0 Å². The number of hydrogen-bond donors (Lipinski definition) is 1. The fourth-order valence-electron chi connectivity index (χ4n) is 3.38. The third-order valence-electron chi connectivity index (χ3n) is 4.18. The van der Waals surface area contributed by atoms with E-state index in [9.17, 15) is 0 Å². The van der Waals surface area contributed by atoms with Gasteiger partial charge < -0.3 is 5.73 Å². The topological polar surface area (TPSA) is 67.9 Å². The standard InChI is InChI=1S/C11H17N5/c1-16-8-3-2-7(4-8)11(16)10(12)9-5-13-6-14-15-9/h5-8,10-11H,2-4,12H2,1H3. The smallest absolute Gasteiger partial charge is 0.138 e. The summed E-state index contributed by atoms with van der Waals surface area (Å²) in [5.74, 6) is 0.729. The van der Waals surface area contributed by atoms with Gasteiger partial charge in [0.25, 0.3) is 0 Å². The van der Waals surface area contributed by atoms with E-state index in [4.69, 9.17) is 5.73 Å². The van der Waals surface area contributed by atoms with Crippen LogP contribution in [0.3, 0.4) is 0 Å². The van der Waals surface area contributed by atoms with E-state index in [2.05, 4.69) is 27.1 Å². The summed E-state index contributed by atoms with van der Waals surface area (Å²) in [5, 5.41) is 7.88. The van der Waals surface area contributed by atoms with Gasteiger partial charge in [-0.15, -0.1) is 5.10 Å². The molecule has 86 valence electrons. The van der Waals surface area contributed by atoms with Crippen LogP contribution in [0.15, 0.2) is 12.5 Å². The molecule has 5 heteroatoms. The summed E-state index contributed by atoms with van der Waals surface area (Å²) in [6, 6.07) is 1.09. The second-order valence-electron chi connectivity index (χ2n) is 4.94. The highest BCUT2D eigenvalue weighted by atomic mass is 15.2. The number of likely N-dealkylation sites (N-methyl/N-ethyl adjacent to an activating group) is 1. The van der Waals surface area contributed by atoms with Crippen molar-refractivity contribution >= 4 is 0 Å².